The summed E-state index contributed by atoms with van der Waals surface area (Å²) in [7, 11) is 0.416. The predicted molar refractivity (Wildman–Crippen MR) is 94.3 cm³/mol. The first-order valence-corrected chi connectivity index (χ1v) is 9.43. The van der Waals surface area contributed by atoms with Gasteiger partial charge in [-0.3, -0.25) is 9.10 Å². The van der Waals surface area contributed by atoms with E-state index < -0.39 is 10.0 Å². The van der Waals surface area contributed by atoms with Crippen molar-refractivity contribution in [2.75, 3.05) is 44.3 Å². The Morgan fingerprint density at radius 2 is 1.83 bits per heavy atom. The summed E-state index contributed by atoms with van der Waals surface area (Å²) in [6.07, 6.45) is 1.30. The number of aryl methyl sites for hydroxylation is 1. The summed E-state index contributed by atoms with van der Waals surface area (Å²) in [5.41, 5.74) is 2.56. The molecule has 130 valence electrons. The van der Waals surface area contributed by atoms with E-state index in [1.807, 2.05) is 45.0 Å². The molecule has 0 aromatic heterocycles. The molecule has 0 unspecified atom stereocenters. The molecular weight excluding hydrogens is 314 g/mol. The van der Waals surface area contributed by atoms with Crippen LogP contribution in [0.3, 0.4) is 0 Å². The van der Waals surface area contributed by atoms with E-state index in [1.165, 1.54) is 10.6 Å². The number of nitrogens with zero attached hydrogens (tertiary/aromatic N) is 2. The van der Waals surface area contributed by atoms with Crippen LogP contribution < -0.4 is 9.62 Å². The standard InChI is InChI=1S/C16H27N3O3S/c1-13-7-6-8-15(14(13)2)19(23(5,21)22)11-9-16(20)17-10-12-18(3)4/h6-8H,9-12H2,1-5H3,(H,17,20). The van der Waals surface area contributed by atoms with Crippen molar-refractivity contribution in [3.8, 4) is 0 Å². The number of likely N-dealkylation sites (N-methyl/N-ethyl adjacent to an activating group) is 1. The van der Waals surface area contributed by atoms with Gasteiger partial charge in [0.05, 0.1) is 11.9 Å². The van der Waals surface area contributed by atoms with Crippen LogP contribution in [-0.2, 0) is 14.8 Å². The second kappa shape index (κ2) is 8.31. The molecule has 23 heavy (non-hydrogen) atoms. The van der Waals surface area contributed by atoms with Gasteiger partial charge in [-0.1, -0.05) is 12.1 Å². The number of benzene rings is 1. The van der Waals surface area contributed by atoms with Gasteiger partial charge < -0.3 is 10.2 Å². The fourth-order valence-corrected chi connectivity index (χ4v) is 3.16. The molecule has 6 nitrogen and oxygen atoms in total. The van der Waals surface area contributed by atoms with Crippen molar-refractivity contribution >= 4 is 21.6 Å². The molecule has 0 bridgehead atoms. The largest absolute Gasteiger partial charge is 0.355 e. The third-order valence-corrected chi connectivity index (χ3v) is 4.85. The van der Waals surface area contributed by atoms with Gasteiger partial charge in [-0.25, -0.2) is 8.42 Å². The van der Waals surface area contributed by atoms with E-state index in [4.69, 9.17) is 0 Å². The monoisotopic (exact) mass is 341 g/mol. The average Bonchev–Trinajstić information content (AvgIpc) is 2.41. The number of nitrogens with one attached hydrogen (secondary N) is 1. The molecule has 0 radical (unpaired) electrons. The van der Waals surface area contributed by atoms with Crippen molar-refractivity contribution in [2.24, 2.45) is 0 Å². The minimum atomic E-state index is -3.44. The SMILES string of the molecule is Cc1cccc(N(CCC(=O)NCCN(C)C)S(C)(=O)=O)c1C. The van der Waals surface area contributed by atoms with Gasteiger partial charge in [-0.15, -0.1) is 0 Å². The fraction of sp³-hybridized carbons (Fsp3) is 0.562. The molecule has 0 heterocycles. The van der Waals surface area contributed by atoms with E-state index in [0.29, 0.717) is 12.2 Å². The van der Waals surface area contributed by atoms with Gasteiger partial charge in [-0.05, 0) is 45.1 Å². The summed E-state index contributed by atoms with van der Waals surface area (Å²) in [6, 6.07) is 5.54. The molecule has 1 N–H and O–H groups in total. The van der Waals surface area contributed by atoms with Crippen LogP contribution in [0.4, 0.5) is 5.69 Å². The van der Waals surface area contributed by atoms with Crippen molar-refractivity contribution < 1.29 is 13.2 Å². The van der Waals surface area contributed by atoms with Crippen molar-refractivity contribution in [3.05, 3.63) is 29.3 Å². The van der Waals surface area contributed by atoms with Crippen LogP contribution in [0.2, 0.25) is 0 Å². The van der Waals surface area contributed by atoms with E-state index >= 15 is 0 Å². The Morgan fingerprint density at radius 3 is 2.39 bits per heavy atom. The number of hydrogen-bond acceptors (Lipinski definition) is 4. The van der Waals surface area contributed by atoms with E-state index in [9.17, 15) is 13.2 Å². The third-order valence-electron chi connectivity index (χ3n) is 3.67. The molecule has 0 spiro atoms. The first-order valence-electron chi connectivity index (χ1n) is 7.58. The number of rotatable bonds is 8. The number of carbonyl (C=O) groups excluding carboxylic acids is 1. The Balaban J connectivity index is 2.78. The quantitative estimate of drug-likeness (QED) is 0.770. The summed E-state index contributed by atoms with van der Waals surface area (Å²) < 4.78 is 25.5. The van der Waals surface area contributed by atoms with Crippen LogP contribution in [0.5, 0.6) is 0 Å². The van der Waals surface area contributed by atoms with Crippen LogP contribution in [0, 0.1) is 13.8 Å². The van der Waals surface area contributed by atoms with Crippen LogP contribution in [0.15, 0.2) is 18.2 Å². The summed E-state index contributed by atoms with van der Waals surface area (Å²) in [6.45, 7) is 5.26. The molecular formula is C16H27N3O3S. The van der Waals surface area contributed by atoms with E-state index in [1.54, 1.807) is 6.07 Å². The van der Waals surface area contributed by atoms with Crippen molar-refractivity contribution in [1.82, 2.24) is 10.2 Å². The number of hydrogen-bond donors (Lipinski definition) is 1. The third kappa shape index (κ3) is 6.19. The van der Waals surface area contributed by atoms with E-state index in [0.717, 1.165) is 17.7 Å². The summed E-state index contributed by atoms with van der Waals surface area (Å²) in [5, 5.41) is 2.80. The molecule has 0 aliphatic heterocycles. The lowest BCUT2D eigenvalue weighted by molar-refractivity contribution is -0.120. The molecule has 1 aromatic rings. The lowest BCUT2D eigenvalue weighted by atomic mass is 10.1. The van der Waals surface area contributed by atoms with Crippen molar-refractivity contribution in [3.63, 3.8) is 0 Å². The maximum Gasteiger partial charge on any atom is 0.232 e. The van der Waals surface area contributed by atoms with Gasteiger partial charge in [-0.2, -0.15) is 0 Å². The first kappa shape index (κ1) is 19.4. The number of carbonyl (C=O) groups is 1. The van der Waals surface area contributed by atoms with E-state index in [2.05, 4.69) is 5.32 Å². The molecule has 1 amide bonds. The first-order chi connectivity index (χ1) is 10.6. The van der Waals surface area contributed by atoms with Gasteiger partial charge in [0, 0.05) is 26.1 Å². The molecule has 1 rings (SSSR count). The van der Waals surface area contributed by atoms with Crippen LogP contribution in [0.1, 0.15) is 17.5 Å². The summed E-state index contributed by atoms with van der Waals surface area (Å²) >= 11 is 0. The fourth-order valence-electron chi connectivity index (χ4n) is 2.18. The normalized spacial score (nSPS) is 11.6. The summed E-state index contributed by atoms with van der Waals surface area (Å²) in [5.74, 6) is -0.147. The minimum absolute atomic E-state index is 0.133. The Morgan fingerprint density at radius 1 is 1.17 bits per heavy atom. The Labute approximate surface area is 139 Å². The lowest BCUT2D eigenvalue weighted by Gasteiger charge is -2.24. The highest BCUT2D eigenvalue weighted by atomic mass is 32.2. The van der Waals surface area contributed by atoms with Crippen molar-refractivity contribution in [2.45, 2.75) is 20.3 Å². The molecule has 7 heteroatoms. The second-order valence-corrected chi connectivity index (χ2v) is 7.86. The maximum atomic E-state index is 12.1. The number of amides is 1. The van der Waals surface area contributed by atoms with Crippen LogP contribution in [0.25, 0.3) is 0 Å². The highest BCUT2D eigenvalue weighted by molar-refractivity contribution is 7.92. The molecule has 1 aromatic carbocycles. The van der Waals surface area contributed by atoms with Gasteiger partial charge in [0.2, 0.25) is 15.9 Å². The molecule has 0 saturated carbocycles. The van der Waals surface area contributed by atoms with Gasteiger partial charge in [0.25, 0.3) is 0 Å². The minimum Gasteiger partial charge on any atom is -0.355 e. The molecule has 0 saturated heterocycles. The highest BCUT2D eigenvalue weighted by Gasteiger charge is 2.20. The van der Waals surface area contributed by atoms with E-state index in [-0.39, 0.29) is 18.9 Å². The Kier molecular flexibility index (Phi) is 7.02. The Bertz CT molecular complexity index is 642. The van der Waals surface area contributed by atoms with Crippen LogP contribution >= 0.6 is 0 Å². The smallest absolute Gasteiger partial charge is 0.232 e. The lowest BCUT2D eigenvalue weighted by Crippen LogP contribution is -2.36. The number of anilines is 1. The zero-order valence-corrected chi connectivity index (χ0v) is 15.4. The predicted octanol–water partition coefficient (Wildman–Crippen LogP) is 1.14. The average molecular weight is 341 g/mol. The van der Waals surface area contributed by atoms with Crippen molar-refractivity contribution in [1.29, 1.82) is 0 Å². The molecule has 0 atom stereocenters. The maximum absolute atomic E-state index is 12.1. The topological polar surface area (TPSA) is 69.7 Å². The van der Waals surface area contributed by atoms with Gasteiger partial charge >= 0.3 is 0 Å². The highest BCUT2D eigenvalue weighted by Crippen LogP contribution is 2.25. The van der Waals surface area contributed by atoms with Gasteiger partial charge in [0.15, 0.2) is 0 Å². The number of sulfonamides is 1. The van der Waals surface area contributed by atoms with Crippen LogP contribution in [-0.4, -0.2) is 59.2 Å². The zero-order chi connectivity index (χ0) is 17.6. The molecule has 0 aliphatic carbocycles. The Hall–Kier alpha value is -1.60. The molecule has 0 fully saturated rings. The van der Waals surface area contributed by atoms with Gasteiger partial charge in [0.1, 0.15) is 0 Å². The zero-order valence-electron chi connectivity index (χ0n) is 14.6. The molecule has 0 aliphatic rings. The second-order valence-electron chi connectivity index (χ2n) is 5.96. The summed E-state index contributed by atoms with van der Waals surface area (Å²) in [4.78, 5) is 13.9.